The topological polar surface area (TPSA) is 141 Å². The lowest BCUT2D eigenvalue weighted by atomic mass is 10.1. The van der Waals surface area contributed by atoms with Gasteiger partial charge in [0, 0.05) is 25.7 Å². The van der Waals surface area contributed by atoms with Crippen molar-refractivity contribution in [3.63, 3.8) is 0 Å². The van der Waals surface area contributed by atoms with Gasteiger partial charge < -0.3 is 20.6 Å². The van der Waals surface area contributed by atoms with E-state index in [1.165, 1.54) is 24.3 Å². The van der Waals surface area contributed by atoms with E-state index in [-0.39, 0.29) is 25.7 Å². The maximum Gasteiger partial charge on any atom is 0.326 e. The second-order valence-corrected chi connectivity index (χ2v) is 8.85. The zero-order valence-corrected chi connectivity index (χ0v) is 16.0. The Balaban J connectivity index is 2.58. The van der Waals surface area contributed by atoms with Gasteiger partial charge in [-0.05, 0) is 36.2 Å². The standard InChI is InChI=1S/C18H23FNO7P/c19-13-3-1-12(2-4-13)11-14(18(26)27)20-15(21)5-8-28(9-6-16(22)23)10-7-17(24)25/h1-4,14H,5-11H2,(H,20,21)(H,22,23)(H,24,25)(H,26,27). The molecule has 1 aromatic carbocycles. The summed E-state index contributed by atoms with van der Waals surface area (Å²) in [4.78, 5) is 45.0. The van der Waals surface area contributed by atoms with E-state index in [0.717, 1.165) is 0 Å². The lowest BCUT2D eigenvalue weighted by molar-refractivity contribution is -0.141. The van der Waals surface area contributed by atoms with E-state index in [0.29, 0.717) is 24.0 Å². The van der Waals surface area contributed by atoms with Crippen LogP contribution in [0.15, 0.2) is 24.3 Å². The minimum absolute atomic E-state index is 0.00581. The van der Waals surface area contributed by atoms with Gasteiger partial charge in [0.05, 0.1) is 0 Å². The molecule has 0 spiro atoms. The molecule has 1 unspecified atom stereocenters. The molecular formula is C18H23FNO7P. The minimum Gasteiger partial charge on any atom is -0.481 e. The van der Waals surface area contributed by atoms with Crippen LogP contribution in [0.2, 0.25) is 0 Å². The summed E-state index contributed by atoms with van der Waals surface area (Å²) < 4.78 is 12.9. The third-order valence-electron chi connectivity index (χ3n) is 3.93. The molecule has 0 aliphatic heterocycles. The van der Waals surface area contributed by atoms with Crippen LogP contribution in [0.3, 0.4) is 0 Å². The molecule has 0 saturated carbocycles. The Labute approximate surface area is 162 Å². The molecule has 154 valence electrons. The van der Waals surface area contributed by atoms with Gasteiger partial charge >= 0.3 is 17.9 Å². The molecule has 1 atom stereocenters. The van der Waals surface area contributed by atoms with Crippen LogP contribution < -0.4 is 5.32 Å². The molecule has 0 aliphatic carbocycles. The Hall–Kier alpha value is -2.54. The Bertz CT molecular complexity index is 678. The highest BCUT2D eigenvalue weighted by Gasteiger charge is 2.21. The normalized spacial score (nSPS) is 11.8. The molecule has 0 aromatic heterocycles. The number of carboxylic acids is 3. The molecule has 10 heteroatoms. The van der Waals surface area contributed by atoms with Crippen LogP contribution >= 0.6 is 7.92 Å². The smallest absolute Gasteiger partial charge is 0.326 e. The Morgan fingerprint density at radius 3 is 1.86 bits per heavy atom. The molecule has 0 fully saturated rings. The summed E-state index contributed by atoms with van der Waals surface area (Å²) in [6.07, 6.45) is 0.716. The van der Waals surface area contributed by atoms with Gasteiger partial charge in [-0.1, -0.05) is 12.1 Å². The summed E-state index contributed by atoms with van der Waals surface area (Å²) in [6.45, 7) is 0. The number of carbonyl (C=O) groups excluding carboxylic acids is 1. The fourth-order valence-electron chi connectivity index (χ4n) is 2.43. The van der Waals surface area contributed by atoms with E-state index in [1.807, 2.05) is 0 Å². The van der Waals surface area contributed by atoms with E-state index in [1.54, 1.807) is 0 Å². The summed E-state index contributed by atoms with van der Waals surface area (Å²) >= 11 is 0. The van der Waals surface area contributed by atoms with Crippen LogP contribution in [0.1, 0.15) is 24.8 Å². The first-order valence-corrected chi connectivity index (χ1v) is 10.5. The number of nitrogens with one attached hydrogen (secondary N) is 1. The van der Waals surface area contributed by atoms with Crippen molar-refractivity contribution in [2.45, 2.75) is 31.7 Å². The molecule has 28 heavy (non-hydrogen) atoms. The highest BCUT2D eigenvalue weighted by atomic mass is 31.1. The summed E-state index contributed by atoms with van der Waals surface area (Å²) in [5.74, 6) is -4.16. The van der Waals surface area contributed by atoms with Crippen molar-refractivity contribution in [1.29, 1.82) is 0 Å². The van der Waals surface area contributed by atoms with Crippen LogP contribution in [0.4, 0.5) is 4.39 Å². The monoisotopic (exact) mass is 415 g/mol. The molecule has 0 radical (unpaired) electrons. The number of halogens is 1. The first-order valence-electron chi connectivity index (χ1n) is 8.60. The Morgan fingerprint density at radius 1 is 0.893 bits per heavy atom. The largest absolute Gasteiger partial charge is 0.481 e. The minimum atomic E-state index is -1.23. The molecule has 1 amide bonds. The van der Waals surface area contributed by atoms with E-state index < -0.39 is 43.6 Å². The van der Waals surface area contributed by atoms with Crippen LogP contribution in [0, 0.1) is 5.82 Å². The lowest BCUT2D eigenvalue weighted by Gasteiger charge is -2.18. The number of hydrogen-bond donors (Lipinski definition) is 4. The average Bonchev–Trinajstić information content (AvgIpc) is 2.61. The van der Waals surface area contributed by atoms with Crippen molar-refractivity contribution in [3.8, 4) is 0 Å². The van der Waals surface area contributed by atoms with Gasteiger partial charge in [-0.25, -0.2) is 9.18 Å². The number of carboxylic acid groups (broad SMARTS) is 3. The van der Waals surface area contributed by atoms with Gasteiger partial charge in [-0.15, -0.1) is 7.92 Å². The number of carbonyl (C=O) groups is 4. The van der Waals surface area contributed by atoms with Gasteiger partial charge in [-0.3, -0.25) is 14.4 Å². The second-order valence-electron chi connectivity index (χ2n) is 6.17. The van der Waals surface area contributed by atoms with Crippen molar-refractivity contribution in [2.24, 2.45) is 0 Å². The summed E-state index contributed by atoms with van der Waals surface area (Å²) in [5, 5.41) is 29.3. The van der Waals surface area contributed by atoms with Crippen molar-refractivity contribution < 1.29 is 38.9 Å². The van der Waals surface area contributed by atoms with E-state index in [2.05, 4.69) is 5.32 Å². The average molecular weight is 415 g/mol. The molecular weight excluding hydrogens is 392 g/mol. The lowest BCUT2D eigenvalue weighted by Crippen LogP contribution is -2.42. The number of hydrogen-bond acceptors (Lipinski definition) is 4. The summed E-state index contributed by atoms with van der Waals surface area (Å²) in [7, 11) is -0.962. The SMILES string of the molecule is O=C(O)CCP(CCC(=O)O)CCC(=O)NC(Cc1ccc(F)cc1)C(=O)O. The summed E-state index contributed by atoms with van der Waals surface area (Å²) in [6, 6.07) is 4.10. The van der Waals surface area contributed by atoms with Gasteiger partial charge in [0.2, 0.25) is 5.91 Å². The number of rotatable bonds is 13. The predicted octanol–water partition coefficient (Wildman–Crippen LogP) is 1.76. The highest BCUT2D eigenvalue weighted by Crippen LogP contribution is 2.37. The third kappa shape index (κ3) is 9.97. The molecule has 0 aliphatic rings. The van der Waals surface area contributed by atoms with Crippen molar-refractivity contribution >= 4 is 31.7 Å². The fourth-order valence-corrected chi connectivity index (χ4v) is 4.63. The zero-order chi connectivity index (χ0) is 21.1. The predicted molar refractivity (Wildman–Crippen MR) is 100 cm³/mol. The molecule has 4 N–H and O–H groups in total. The van der Waals surface area contributed by atoms with Crippen LogP contribution in [0.5, 0.6) is 0 Å². The molecule has 1 aromatic rings. The van der Waals surface area contributed by atoms with Gasteiger partial charge in [-0.2, -0.15) is 0 Å². The maximum absolute atomic E-state index is 12.9. The molecule has 0 saturated heterocycles. The third-order valence-corrected chi connectivity index (χ3v) is 6.49. The molecule has 0 bridgehead atoms. The first-order chi connectivity index (χ1) is 13.2. The van der Waals surface area contributed by atoms with Gasteiger partial charge in [0.15, 0.2) is 0 Å². The first kappa shape index (κ1) is 23.5. The molecule has 1 rings (SSSR count). The number of benzene rings is 1. The highest BCUT2D eigenvalue weighted by molar-refractivity contribution is 7.57. The number of amides is 1. The van der Waals surface area contributed by atoms with E-state index >= 15 is 0 Å². The van der Waals surface area contributed by atoms with E-state index in [9.17, 15) is 28.7 Å². The van der Waals surface area contributed by atoms with Crippen LogP contribution in [0.25, 0.3) is 0 Å². The Morgan fingerprint density at radius 2 is 1.39 bits per heavy atom. The quantitative estimate of drug-likeness (QED) is 0.360. The molecule has 8 nitrogen and oxygen atoms in total. The Kier molecular flexibility index (Phi) is 10.1. The molecule has 0 heterocycles. The van der Waals surface area contributed by atoms with Gasteiger partial charge in [0.25, 0.3) is 0 Å². The van der Waals surface area contributed by atoms with Crippen LogP contribution in [-0.4, -0.2) is 63.7 Å². The number of aliphatic carboxylic acids is 3. The second kappa shape index (κ2) is 12.0. The van der Waals surface area contributed by atoms with E-state index in [4.69, 9.17) is 10.2 Å². The zero-order valence-electron chi connectivity index (χ0n) is 15.1. The fraction of sp³-hybridized carbons (Fsp3) is 0.444. The van der Waals surface area contributed by atoms with Crippen molar-refractivity contribution in [3.05, 3.63) is 35.6 Å². The van der Waals surface area contributed by atoms with Gasteiger partial charge in [0.1, 0.15) is 11.9 Å². The summed E-state index contributed by atoms with van der Waals surface area (Å²) in [5.41, 5.74) is 0.555. The van der Waals surface area contributed by atoms with Crippen molar-refractivity contribution in [2.75, 3.05) is 18.5 Å². The van der Waals surface area contributed by atoms with Crippen molar-refractivity contribution in [1.82, 2.24) is 5.32 Å². The maximum atomic E-state index is 12.9. The van der Waals surface area contributed by atoms with Crippen LogP contribution in [-0.2, 0) is 25.6 Å².